The largest absolute Gasteiger partial charge is 0.445 e. The van der Waals surface area contributed by atoms with E-state index in [0.717, 1.165) is 60.1 Å². The van der Waals surface area contributed by atoms with E-state index in [1.54, 1.807) is 0 Å². The number of carbonyl (C=O) groups excluding carboxylic acids is 3. The molecule has 8 nitrogen and oxygen atoms in total. The molecule has 0 aromatic heterocycles. The van der Waals surface area contributed by atoms with Crippen molar-refractivity contribution in [1.29, 1.82) is 5.26 Å². The minimum atomic E-state index is -1.23. The summed E-state index contributed by atoms with van der Waals surface area (Å²) in [5, 5.41) is 14.9. The van der Waals surface area contributed by atoms with Crippen LogP contribution in [0.1, 0.15) is 73.2 Å². The van der Waals surface area contributed by atoms with E-state index >= 15 is 0 Å². The van der Waals surface area contributed by atoms with Crippen LogP contribution in [0.5, 0.6) is 0 Å². The van der Waals surface area contributed by atoms with Gasteiger partial charge in [-0.1, -0.05) is 84.9 Å². The normalized spacial score (nSPS) is 25.1. The second-order valence-electron chi connectivity index (χ2n) is 12.9. The van der Waals surface area contributed by atoms with E-state index in [-0.39, 0.29) is 48.9 Å². The second kappa shape index (κ2) is 13.3. The number of nitrogens with one attached hydrogen (secondary N) is 2. The number of carbonyl (C=O) groups is 3. The topological polar surface area (TPSA) is 112 Å². The standard InChI is InChI=1S/C37H39FN4O4/c38-30-21-31(22-39)42(24-30)32(43)23-40-35(45)46-25-26-11-13-29(14-12-26)36-15-18-37(19-16-36,20-17-36)34(44)41-33(27-7-3-1-4-8-27)28-9-5-2-6-10-28/h1-14,30-31,33H,15-21,23-25H2,(H,40,45)(H,41,44)/t30-,31-,36?,37?/m0/s1. The first-order valence-corrected chi connectivity index (χ1v) is 16.0. The zero-order valence-corrected chi connectivity index (χ0v) is 25.8. The maximum Gasteiger partial charge on any atom is 0.407 e. The first-order valence-electron chi connectivity index (χ1n) is 16.0. The van der Waals surface area contributed by atoms with E-state index in [1.165, 1.54) is 5.56 Å². The number of ether oxygens (including phenoxy) is 1. The Labute approximate surface area is 268 Å². The lowest BCUT2D eigenvalue weighted by atomic mass is 9.51. The van der Waals surface area contributed by atoms with Gasteiger partial charge in [0.2, 0.25) is 11.8 Å². The molecule has 2 atom stereocenters. The van der Waals surface area contributed by atoms with Crippen molar-refractivity contribution < 1.29 is 23.5 Å². The van der Waals surface area contributed by atoms with Gasteiger partial charge in [0.05, 0.1) is 18.7 Å². The number of alkyl carbamates (subject to hydrolysis) is 1. The van der Waals surface area contributed by atoms with Crippen LogP contribution in [0.15, 0.2) is 84.9 Å². The van der Waals surface area contributed by atoms with Gasteiger partial charge in [-0.25, -0.2) is 9.18 Å². The highest BCUT2D eigenvalue weighted by Crippen LogP contribution is 2.58. The number of rotatable bonds is 9. The number of alkyl halides is 1. The third-order valence-corrected chi connectivity index (χ3v) is 10.3. The van der Waals surface area contributed by atoms with Gasteiger partial charge in [-0.15, -0.1) is 0 Å². The van der Waals surface area contributed by atoms with Gasteiger partial charge >= 0.3 is 6.09 Å². The molecular weight excluding hydrogens is 583 g/mol. The van der Waals surface area contributed by atoms with Crippen molar-refractivity contribution in [3.05, 3.63) is 107 Å². The van der Waals surface area contributed by atoms with Crippen molar-refractivity contribution in [1.82, 2.24) is 15.5 Å². The van der Waals surface area contributed by atoms with Gasteiger partial charge in [0.25, 0.3) is 0 Å². The molecule has 3 amide bonds. The van der Waals surface area contributed by atoms with Gasteiger partial charge in [-0.2, -0.15) is 5.26 Å². The Morgan fingerprint density at radius 1 is 0.891 bits per heavy atom. The molecule has 2 N–H and O–H groups in total. The molecule has 3 aliphatic carbocycles. The number of likely N-dealkylation sites (tertiary alicyclic amines) is 1. The number of halogens is 1. The van der Waals surface area contributed by atoms with Crippen LogP contribution in [-0.2, 0) is 26.3 Å². The summed E-state index contributed by atoms with van der Waals surface area (Å²) in [5.74, 6) is -0.371. The van der Waals surface area contributed by atoms with E-state index in [0.29, 0.717) is 0 Å². The van der Waals surface area contributed by atoms with E-state index in [4.69, 9.17) is 10.00 Å². The van der Waals surface area contributed by atoms with Crippen molar-refractivity contribution >= 4 is 17.9 Å². The number of fused-ring (bicyclic) bond motifs is 3. The molecule has 2 bridgehead atoms. The van der Waals surface area contributed by atoms with Gasteiger partial charge in [0.1, 0.15) is 25.4 Å². The van der Waals surface area contributed by atoms with Crippen LogP contribution in [0.3, 0.4) is 0 Å². The summed E-state index contributed by atoms with van der Waals surface area (Å²) in [4.78, 5) is 39.6. The summed E-state index contributed by atoms with van der Waals surface area (Å²) in [6, 6.07) is 29.3. The maximum atomic E-state index is 13.9. The van der Waals surface area contributed by atoms with Gasteiger partial charge in [0.15, 0.2) is 0 Å². The Hall–Kier alpha value is -4.71. The third-order valence-electron chi connectivity index (χ3n) is 10.3. The molecular formula is C37H39FN4O4. The number of benzene rings is 3. The molecule has 1 aliphatic heterocycles. The number of nitriles is 1. The zero-order chi connectivity index (χ0) is 32.1. The minimum Gasteiger partial charge on any atom is -0.445 e. The Morgan fingerprint density at radius 2 is 1.48 bits per heavy atom. The predicted octanol–water partition coefficient (Wildman–Crippen LogP) is 5.87. The third kappa shape index (κ3) is 6.48. The molecule has 3 aromatic rings. The molecule has 0 spiro atoms. The summed E-state index contributed by atoms with van der Waals surface area (Å²) in [5.41, 5.74) is 3.88. The summed E-state index contributed by atoms with van der Waals surface area (Å²) in [6.07, 6.45) is 3.38. The number of hydrogen-bond acceptors (Lipinski definition) is 5. The Balaban J connectivity index is 1.01. The number of hydrogen-bond donors (Lipinski definition) is 2. The first kappa shape index (κ1) is 31.3. The second-order valence-corrected chi connectivity index (χ2v) is 12.9. The van der Waals surface area contributed by atoms with Crippen molar-refractivity contribution in [2.45, 2.75) is 75.2 Å². The SMILES string of the molecule is N#C[C@@H]1C[C@H](F)CN1C(=O)CNC(=O)OCc1ccc(C23CCC(C(=O)NC(c4ccccc4)c4ccccc4)(CC2)CC3)cc1. The lowest BCUT2D eigenvalue weighted by Crippen LogP contribution is -2.52. The summed E-state index contributed by atoms with van der Waals surface area (Å²) < 4.78 is 18.9. The van der Waals surface area contributed by atoms with Crippen LogP contribution < -0.4 is 10.6 Å². The fraction of sp³-hybridized carbons (Fsp3) is 0.405. The summed E-state index contributed by atoms with van der Waals surface area (Å²) >= 11 is 0. The molecule has 9 heteroatoms. The molecule has 4 fully saturated rings. The zero-order valence-electron chi connectivity index (χ0n) is 25.8. The van der Waals surface area contributed by atoms with Gasteiger partial charge in [-0.3, -0.25) is 9.59 Å². The molecule has 1 saturated heterocycles. The van der Waals surface area contributed by atoms with Crippen LogP contribution in [0.4, 0.5) is 9.18 Å². The van der Waals surface area contributed by atoms with Crippen molar-refractivity contribution in [3.8, 4) is 6.07 Å². The lowest BCUT2D eigenvalue weighted by molar-refractivity contribution is -0.138. The fourth-order valence-electron chi connectivity index (χ4n) is 7.48. The minimum absolute atomic E-state index is 0.00982. The fourth-order valence-corrected chi connectivity index (χ4v) is 7.48. The summed E-state index contributed by atoms with van der Waals surface area (Å²) in [6.45, 7) is -0.458. The van der Waals surface area contributed by atoms with Crippen LogP contribution in [0.25, 0.3) is 0 Å². The predicted molar refractivity (Wildman–Crippen MR) is 170 cm³/mol. The van der Waals surface area contributed by atoms with Crippen LogP contribution >= 0.6 is 0 Å². The monoisotopic (exact) mass is 622 g/mol. The molecule has 3 aromatic carbocycles. The van der Waals surface area contributed by atoms with E-state index in [2.05, 4.69) is 47.0 Å². The Bertz CT molecular complexity index is 1530. The van der Waals surface area contributed by atoms with Crippen molar-refractivity contribution in [2.75, 3.05) is 13.1 Å². The molecule has 7 rings (SSSR count). The Kier molecular flexibility index (Phi) is 9.07. The highest BCUT2D eigenvalue weighted by Gasteiger charge is 2.53. The average molecular weight is 623 g/mol. The molecule has 0 unspecified atom stereocenters. The smallest absolute Gasteiger partial charge is 0.407 e. The Morgan fingerprint density at radius 3 is 2.04 bits per heavy atom. The highest BCUT2D eigenvalue weighted by molar-refractivity contribution is 5.84. The van der Waals surface area contributed by atoms with E-state index in [9.17, 15) is 18.8 Å². The quantitative estimate of drug-likeness (QED) is 0.310. The lowest BCUT2D eigenvalue weighted by Gasteiger charge is -2.53. The molecule has 0 radical (unpaired) electrons. The first-order chi connectivity index (χ1) is 22.3. The average Bonchev–Trinajstić information content (AvgIpc) is 3.51. The molecule has 46 heavy (non-hydrogen) atoms. The highest BCUT2D eigenvalue weighted by atomic mass is 19.1. The van der Waals surface area contributed by atoms with Gasteiger partial charge in [-0.05, 0) is 66.2 Å². The number of amides is 3. The molecule has 1 heterocycles. The maximum absolute atomic E-state index is 13.9. The number of nitrogens with zero attached hydrogens (tertiary/aromatic N) is 2. The summed E-state index contributed by atoms with van der Waals surface area (Å²) in [7, 11) is 0. The molecule has 3 saturated carbocycles. The van der Waals surface area contributed by atoms with Gasteiger partial charge < -0.3 is 20.3 Å². The van der Waals surface area contributed by atoms with E-state index < -0.39 is 24.2 Å². The van der Waals surface area contributed by atoms with Crippen molar-refractivity contribution in [2.24, 2.45) is 5.41 Å². The van der Waals surface area contributed by atoms with Crippen molar-refractivity contribution in [3.63, 3.8) is 0 Å². The van der Waals surface area contributed by atoms with Gasteiger partial charge in [0, 0.05) is 11.8 Å². The van der Waals surface area contributed by atoms with E-state index in [1.807, 2.05) is 54.6 Å². The van der Waals surface area contributed by atoms with Crippen LogP contribution in [-0.4, -0.2) is 48.1 Å². The van der Waals surface area contributed by atoms with Crippen LogP contribution in [0, 0.1) is 16.7 Å². The molecule has 238 valence electrons. The molecule has 4 aliphatic rings. The van der Waals surface area contributed by atoms with Crippen LogP contribution in [0.2, 0.25) is 0 Å².